The molecule has 7 nitrogen and oxygen atoms in total. The Hall–Kier alpha value is -2.26. The van der Waals surface area contributed by atoms with Crippen LogP contribution in [0.25, 0.3) is 0 Å². The van der Waals surface area contributed by atoms with E-state index in [1.165, 1.54) is 68.8 Å². The van der Waals surface area contributed by atoms with E-state index in [2.05, 4.69) is 10.6 Å². The maximum absolute atomic E-state index is 14.5. The van der Waals surface area contributed by atoms with Crippen LogP contribution in [0.5, 0.6) is 0 Å². The van der Waals surface area contributed by atoms with Crippen molar-refractivity contribution in [1.82, 2.24) is 15.5 Å². The molecule has 1 aromatic rings. The Morgan fingerprint density at radius 1 is 0.914 bits per heavy atom. The number of carbonyl (C=O) groups is 4. The number of fused-ring (bicyclic) bond motifs is 1. The van der Waals surface area contributed by atoms with Gasteiger partial charge < -0.3 is 5.32 Å². The number of thioether (sulfide) groups is 1. The number of amides is 4. The fourth-order valence-corrected chi connectivity index (χ4v) is 6.26. The predicted molar refractivity (Wildman–Crippen MR) is 132 cm³/mol. The summed E-state index contributed by atoms with van der Waals surface area (Å²) in [4.78, 5) is 51.1. The highest BCUT2D eigenvalue weighted by atomic mass is 32.2. The number of nitrogens with zero attached hydrogens (tertiary/aromatic N) is 1. The number of rotatable bonds is 11. The van der Waals surface area contributed by atoms with Crippen molar-refractivity contribution >= 4 is 35.4 Å². The molecule has 2 aliphatic heterocycles. The number of piperidine rings is 1. The monoisotopic (exact) mass is 503 g/mol. The van der Waals surface area contributed by atoms with Gasteiger partial charge in [-0.1, -0.05) is 38.5 Å². The van der Waals surface area contributed by atoms with Gasteiger partial charge in [0.25, 0.3) is 11.8 Å². The number of carbonyl (C=O) groups excluding carboxylic acids is 4. The minimum Gasteiger partial charge on any atom is -0.314 e. The Balaban J connectivity index is 1.24. The number of unbranched alkanes of at least 4 members (excludes halogenated alkanes) is 4. The summed E-state index contributed by atoms with van der Waals surface area (Å²) in [6.07, 6.45) is 12.3. The van der Waals surface area contributed by atoms with Crippen molar-refractivity contribution in [2.75, 3.05) is 12.3 Å². The largest absolute Gasteiger partial charge is 0.314 e. The summed E-state index contributed by atoms with van der Waals surface area (Å²) >= 11 is 1.44. The summed E-state index contributed by atoms with van der Waals surface area (Å²) in [5.41, 5.74) is -0.228. The van der Waals surface area contributed by atoms with E-state index < -0.39 is 35.5 Å². The normalized spacial score (nSPS) is 20.9. The maximum atomic E-state index is 14.5. The van der Waals surface area contributed by atoms with Gasteiger partial charge in [0.15, 0.2) is 0 Å². The van der Waals surface area contributed by atoms with Crippen molar-refractivity contribution in [2.45, 2.75) is 94.0 Å². The average Bonchev–Trinajstić information content (AvgIpc) is 3.11. The second-order valence-corrected chi connectivity index (χ2v) is 10.8. The van der Waals surface area contributed by atoms with E-state index in [-0.39, 0.29) is 24.0 Å². The highest BCUT2D eigenvalue weighted by Crippen LogP contribution is 2.36. The van der Waals surface area contributed by atoms with Crippen LogP contribution in [-0.4, -0.2) is 52.9 Å². The van der Waals surface area contributed by atoms with Crippen molar-refractivity contribution in [3.05, 3.63) is 29.1 Å². The van der Waals surface area contributed by atoms with Crippen molar-refractivity contribution in [2.24, 2.45) is 0 Å². The Labute approximate surface area is 210 Å². The number of hydrogen-bond acceptors (Lipinski definition) is 6. The van der Waals surface area contributed by atoms with Gasteiger partial charge in [-0.2, -0.15) is 0 Å². The number of nitrogens with one attached hydrogen (secondary N) is 2. The standard InChI is InChI=1S/C26H34FN3O4S/c27-18-11-13-20(35-16-8-3-1-2-7-15-28-17-9-5-4-6-10-17)23-22(18)25(33)30(26(23)34)19-12-14-21(31)29-24(19)32/h11,13,17,19,28H,1-10,12,14-16H2,(H,29,31,32). The van der Waals surface area contributed by atoms with E-state index in [0.717, 1.165) is 36.5 Å². The lowest BCUT2D eigenvalue weighted by Crippen LogP contribution is -2.54. The van der Waals surface area contributed by atoms with Crippen molar-refractivity contribution < 1.29 is 23.6 Å². The van der Waals surface area contributed by atoms with Crippen LogP contribution in [0.4, 0.5) is 4.39 Å². The zero-order valence-electron chi connectivity index (χ0n) is 20.1. The first-order chi connectivity index (χ1) is 17.0. The third-order valence-electron chi connectivity index (χ3n) is 7.12. The van der Waals surface area contributed by atoms with E-state index in [4.69, 9.17) is 0 Å². The van der Waals surface area contributed by atoms with Gasteiger partial charge in [0.2, 0.25) is 11.8 Å². The van der Waals surface area contributed by atoms with Gasteiger partial charge in [-0.15, -0.1) is 11.8 Å². The number of imide groups is 2. The topological polar surface area (TPSA) is 95.6 Å². The van der Waals surface area contributed by atoms with Crippen molar-refractivity contribution in [1.29, 1.82) is 0 Å². The Morgan fingerprint density at radius 3 is 2.40 bits per heavy atom. The van der Waals surface area contributed by atoms with Gasteiger partial charge in [0.05, 0.1) is 11.1 Å². The van der Waals surface area contributed by atoms with Crippen molar-refractivity contribution in [3.8, 4) is 0 Å². The molecule has 0 bridgehead atoms. The molecule has 0 aromatic heterocycles. The minimum atomic E-state index is -1.09. The molecule has 2 heterocycles. The van der Waals surface area contributed by atoms with Crippen LogP contribution in [0, 0.1) is 5.82 Å². The summed E-state index contributed by atoms with van der Waals surface area (Å²) in [6.45, 7) is 1.08. The quantitative estimate of drug-likeness (QED) is 0.267. The van der Waals surface area contributed by atoms with Gasteiger partial charge in [-0.3, -0.25) is 29.4 Å². The van der Waals surface area contributed by atoms with Crippen LogP contribution in [0.1, 0.15) is 97.8 Å². The molecular weight excluding hydrogens is 469 g/mol. The lowest BCUT2D eigenvalue weighted by molar-refractivity contribution is -0.136. The van der Waals surface area contributed by atoms with Crippen LogP contribution < -0.4 is 10.6 Å². The van der Waals surface area contributed by atoms with Crippen LogP contribution in [-0.2, 0) is 9.59 Å². The van der Waals surface area contributed by atoms with E-state index in [1.807, 2.05) is 0 Å². The summed E-state index contributed by atoms with van der Waals surface area (Å²) in [7, 11) is 0. The van der Waals surface area contributed by atoms with Crippen LogP contribution >= 0.6 is 11.8 Å². The predicted octanol–water partition coefficient (Wildman–Crippen LogP) is 4.19. The molecule has 2 N–H and O–H groups in total. The van der Waals surface area contributed by atoms with Crippen LogP contribution in [0.3, 0.4) is 0 Å². The minimum absolute atomic E-state index is 0.0323. The van der Waals surface area contributed by atoms with Gasteiger partial charge in [0, 0.05) is 17.4 Å². The third kappa shape index (κ3) is 6.12. The second kappa shape index (κ2) is 12.1. The molecule has 9 heteroatoms. The average molecular weight is 504 g/mol. The Kier molecular flexibility index (Phi) is 8.94. The zero-order valence-corrected chi connectivity index (χ0v) is 20.9. The third-order valence-corrected chi connectivity index (χ3v) is 8.26. The summed E-state index contributed by atoms with van der Waals surface area (Å²) in [6, 6.07) is 2.36. The molecule has 4 amide bonds. The fourth-order valence-electron chi connectivity index (χ4n) is 5.20. The SMILES string of the molecule is O=C1CCC(N2C(=O)c3c(F)ccc(SCCCCCCCNC4CCCCC4)c3C2=O)C(=O)N1. The van der Waals surface area contributed by atoms with Gasteiger partial charge in [-0.25, -0.2) is 4.39 Å². The molecule has 1 atom stereocenters. The van der Waals surface area contributed by atoms with E-state index in [1.54, 1.807) is 0 Å². The van der Waals surface area contributed by atoms with E-state index >= 15 is 0 Å². The van der Waals surface area contributed by atoms with Crippen LogP contribution in [0.15, 0.2) is 17.0 Å². The second-order valence-electron chi connectivity index (χ2n) is 9.65. The first-order valence-electron chi connectivity index (χ1n) is 12.9. The molecular formula is C26H34FN3O4S. The van der Waals surface area contributed by atoms with E-state index in [9.17, 15) is 23.6 Å². The number of benzene rings is 1. The highest BCUT2D eigenvalue weighted by molar-refractivity contribution is 7.99. The first-order valence-corrected chi connectivity index (χ1v) is 13.9. The zero-order chi connectivity index (χ0) is 24.8. The summed E-state index contributed by atoms with van der Waals surface area (Å²) in [5, 5.41) is 5.83. The molecule has 1 saturated heterocycles. The lowest BCUT2D eigenvalue weighted by atomic mass is 9.95. The van der Waals surface area contributed by atoms with Crippen LogP contribution in [0.2, 0.25) is 0 Å². The maximum Gasteiger partial charge on any atom is 0.265 e. The Bertz CT molecular complexity index is 980. The Morgan fingerprint density at radius 2 is 1.63 bits per heavy atom. The molecule has 4 rings (SSSR count). The molecule has 1 unspecified atom stereocenters. The first kappa shape index (κ1) is 25.8. The lowest BCUT2D eigenvalue weighted by Gasteiger charge is -2.27. The van der Waals surface area contributed by atoms with Gasteiger partial charge in [-0.05, 0) is 56.5 Å². The molecule has 35 heavy (non-hydrogen) atoms. The van der Waals surface area contributed by atoms with E-state index in [0.29, 0.717) is 10.9 Å². The molecule has 0 radical (unpaired) electrons. The van der Waals surface area contributed by atoms with Gasteiger partial charge in [0.1, 0.15) is 11.9 Å². The number of halogens is 1. The highest BCUT2D eigenvalue weighted by Gasteiger charge is 2.47. The fraction of sp³-hybridized carbons (Fsp3) is 0.615. The number of hydrogen-bond donors (Lipinski definition) is 2. The summed E-state index contributed by atoms with van der Waals surface area (Å²) < 4.78 is 14.5. The molecule has 0 spiro atoms. The molecule has 1 aromatic carbocycles. The molecule has 1 saturated carbocycles. The summed E-state index contributed by atoms with van der Waals surface area (Å²) in [5.74, 6) is -2.60. The molecule has 190 valence electrons. The smallest absolute Gasteiger partial charge is 0.265 e. The molecule has 1 aliphatic carbocycles. The van der Waals surface area contributed by atoms with Crippen molar-refractivity contribution in [3.63, 3.8) is 0 Å². The molecule has 3 aliphatic rings. The van der Waals surface area contributed by atoms with Gasteiger partial charge >= 0.3 is 0 Å². The molecule has 2 fully saturated rings.